The lowest BCUT2D eigenvalue weighted by Crippen LogP contribution is -2.16. The summed E-state index contributed by atoms with van der Waals surface area (Å²) in [7, 11) is 1.98. The number of rotatable bonds is 4. The first kappa shape index (κ1) is 14.2. The van der Waals surface area contributed by atoms with Crippen molar-refractivity contribution in [2.24, 2.45) is 7.05 Å². The number of aromatic nitrogens is 2. The molecule has 0 aliphatic rings. The number of anilines is 1. The van der Waals surface area contributed by atoms with Crippen molar-refractivity contribution < 1.29 is 4.42 Å². The molecule has 3 aromatic rings. The molecular formula is C16H16IN3O. The van der Waals surface area contributed by atoms with Gasteiger partial charge in [-0.15, -0.1) is 0 Å². The molecular weight excluding hydrogens is 377 g/mol. The summed E-state index contributed by atoms with van der Waals surface area (Å²) >= 11 is 2.35. The summed E-state index contributed by atoms with van der Waals surface area (Å²) in [6.45, 7) is 2.11. The lowest BCUT2D eigenvalue weighted by Gasteiger charge is -2.18. The molecule has 0 aliphatic heterocycles. The highest BCUT2D eigenvalue weighted by Gasteiger charge is 2.21. The van der Waals surface area contributed by atoms with E-state index in [1.807, 2.05) is 29.9 Å². The zero-order chi connectivity index (χ0) is 14.8. The predicted molar refractivity (Wildman–Crippen MR) is 91.3 cm³/mol. The molecule has 5 heteroatoms. The molecule has 0 aliphatic carbocycles. The van der Waals surface area contributed by atoms with Crippen LogP contribution in [0.5, 0.6) is 0 Å². The first-order valence-corrected chi connectivity index (χ1v) is 7.76. The molecule has 1 N–H and O–H groups in total. The van der Waals surface area contributed by atoms with E-state index in [1.165, 1.54) is 9.13 Å². The summed E-state index contributed by atoms with van der Waals surface area (Å²) in [6.07, 6.45) is 5.42. The van der Waals surface area contributed by atoms with Gasteiger partial charge in [0.25, 0.3) is 0 Å². The highest BCUT2D eigenvalue weighted by molar-refractivity contribution is 14.1. The average molecular weight is 393 g/mol. The Hall–Kier alpha value is -1.76. The SMILES string of the molecule is Cc1ccc(NC(c2ccco2)c2nccn2C)cc1I. The van der Waals surface area contributed by atoms with Crippen molar-refractivity contribution in [3.63, 3.8) is 0 Å². The molecule has 0 saturated heterocycles. The van der Waals surface area contributed by atoms with Crippen LogP contribution in [-0.2, 0) is 7.05 Å². The molecule has 21 heavy (non-hydrogen) atoms. The minimum atomic E-state index is -0.112. The van der Waals surface area contributed by atoms with Gasteiger partial charge < -0.3 is 14.3 Å². The second kappa shape index (κ2) is 5.93. The molecule has 0 radical (unpaired) electrons. The Morgan fingerprint density at radius 2 is 2.19 bits per heavy atom. The third kappa shape index (κ3) is 2.97. The third-order valence-corrected chi connectivity index (χ3v) is 4.59. The van der Waals surface area contributed by atoms with Gasteiger partial charge in [0.05, 0.1) is 6.26 Å². The fourth-order valence-corrected chi connectivity index (χ4v) is 2.74. The van der Waals surface area contributed by atoms with Crippen LogP contribution in [0.3, 0.4) is 0 Å². The van der Waals surface area contributed by atoms with E-state index in [0.717, 1.165) is 17.3 Å². The highest BCUT2D eigenvalue weighted by atomic mass is 127. The molecule has 1 aromatic carbocycles. The highest BCUT2D eigenvalue weighted by Crippen LogP contribution is 2.27. The maximum atomic E-state index is 5.58. The minimum absolute atomic E-state index is 0.112. The van der Waals surface area contributed by atoms with Gasteiger partial charge in [-0.05, 0) is 59.3 Å². The quantitative estimate of drug-likeness (QED) is 0.678. The number of nitrogens with zero attached hydrogens (tertiary/aromatic N) is 2. The standard InChI is InChI=1S/C16H16IN3O/c1-11-5-6-12(10-13(11)17)19-15(14-4-3-9-21-14)16-18-7-8-20(16)2/h3-10,15,19H,1-2H3. The first-order chi connectivity index (χ1) is 10.1. The number of aryl methyl sites for hydroxylation is 2. The van der Waals surface area contributed by atoms with Gasteiger partial charge in [-0.2, -0.15) is 0 Å². The first-order valence-electron chi connectivity index (χ1n) is 6.68. The maximum absolute atomic E-state index is 5.58. The van der Waals surface area contributed by atoms with Crippen molar-refractivity contribution in [1.82, 2.24) is 9.55 Å². The normalized spacial score (nSPS) is 12.3. The molecule has 4 nitrogen and oxygen atoms in total. The molecule has 0 fully saturated rings. The maximum Gasteiger partial charge on any atom is 0.143 e. The summed E-state index contributed by atoms with van der Waals surface area (Å²) in [5.41, 5.74) is 2.32. The number of halogens is 1. The molecule has 3 rings (SSSR count). The van der Waals surface area contributed by atoms with Crippen LogP contribution in [0.1, 0.15) is 23.2 Å². The summed E-state index contributed by atoms with van der Waals surface area (Å²) in [5.74, 6) is 1.76. The largest absolute Gasteiger partial charge is 0.467 e. The van der Waals surface area contributed by atoms with Gasteiger partial charge in [0.2, 0.25) is 0 Å². The summed E-state index contributed by atoms with van der Waals surface area (Å²) in [5, 5.41) is 3.51. The molecule has 2 heterocycles. The summed E-state index contributed by atoms with van der Waals surface area (Å²) in [4.78, 5) is 4.45. The zero-order valence-corrected chi connectivity index (χ0v) is 14.0. The van der Waals surface area contributed by atoms with Crippen LogP contribution < -0.4 is 5.32 Å². The Morgan fingerprint density at radius 1 is 1.33 bits per heavy atom. The van der Waals surface area contributed by atoms with Crippen molar-refractivity contribution in [1.29, 1.82) is 0 Å². The van der Waals surface area contributed by atoms with E-state index in [2.05, 4.69) is 58.0 Å². The van der Waals surface area contributed by atoms with Gasteiger partial charge in [0.15, 0.2) is 0 Å². The smallest absolute Gasteiger partial charge is 0.143 e. The topological polar surface area (TPSA) is 43.0 Å². The van der Waals surface area contributed by atoms with Crippen molar-refractivity contribution in [3.8, 4) is 0 Å². The van der Waals surface area contributed by atoms with Gasteiger partial charge >= 0.3 is 0 Å². The molecule has 0 bridgehead atoms. The zero-order valence-electron chi connectivity index (χ0n) is 11.9. The van der Waals surface area contributed by atoms with Gasteiger partial charge in [-0.25, -0.2) is 4.98 Å². The number of imidazole rings is 1. The van der Waals surface area contributed by atoms with Crippen molar-refractivity contribution in [3.05, 3.63) is 69.7 Å². The number of benzene rings is 1. The van der Waals surface area contributed by atoms with Crippen LogP contribution in [0, 0.1) is 10.5 Å². The van der Waals surface area contributed by atoms with E-state index in [4.69, 9.17) is 4.42 Å². The third-order valence-electron chi connectivity index (χ3n) is 3.43. The van der Waals surface area contributed by atoms with Gasteiger partial charge in [0.1, 0.15) is 17.6 Å². The molecule has 0 saturated carbocycles. The van der Waals surface area contributed by atoms with Crippen LogP contribution in [0.2, 0.25) is 0 Å². The van der Waals surface area contributed by atoms with E-state index in [-0.39, 0.29) is 6.04 Å². The second-order valence-corrected chi connectivity index (χ2v) is 6.12. The lowest BCUT2D eigenvalue weighted by molar-refractivity contribution is 0.488. The number of hydrogen-bond donors (Lipinski definition) is 1. The molecule has 108 valence electrons. The van der Waals surface area contributed by atoms with Crippen LogP contribution >= 0.6 is 22.6 Å². The van der Waals surface area contributed by atoms with Crippen molar-refractivity contribution in [2.45, 2.75) is 13.0 Å². The van der Waals surface area contributed by atoms with Crippen LogP contribution in [0.15, 0.2) is 53.4 Å². The van der Waals surface area contributed by atoms with Crippen molar-refractivity contribution >= 4 is 28.3 Å². The predicted octanol–water partition coefficient (Wildman–Crippen LogP) is 4.13. The number of hydrogen-bond acceptors (Lipinski definition) is 3. The second-order valence-electron chi connectivity index (χ2n) is 4.95. The van der Waals surface area contributed by atoms with Crippen LogP contribution in [0.25, 0.3) is 0 Å². The Morgan fingerprint density at radius 3 is 2.81 bits per heavy atom. The Balaban J connectivity index is 1.97. The van der Waals surface area contributed by atoms with E-state index < -0.39 is 0 Å². The Labute approximate surface area is 137 Å². The van der Waals surface area contributed by atoms with Gasteiger partial charge in [0, 0.05) is 28.7 Å². The van der Waals surface area contributed by atoms with E-state index in [0.29, 0.717) is 0 Å². The average Bonchev–Trinajstić information content (AvgIpc) is 3.12. The molecule has 1 unspecified atom stereocenters. The van der Waals surface area contributed by atoms with Gasteiger partial charge in [-0.1, -0.05) is 6.07 Å². The van der Waals surface area contributed by atoms with E-state index in [9.17, 15) is 0 Å². The Kier molecular flexibility index (Phi) is 4.01. The fourth-order valence-electron chi connectivity index (χ4n) is 2.22. The van der Waals surface area contributed by atoms with Gasteiger partial charge in [-0.3, -0.25) is 0 Å². The fraction of sp³-hybridized carbons (Fsp3) is 0.188. The van der Waals surface area contributed by atoms with Crippen molar-refractivity contribution in [2.75, 3.05) is 5.32 Å². The molecule has 0 spiro atoms. The molecule has 0 amide bonds. The Bertz CT molecular complexity index is 734. The molecule has 1 atom stereocenters. The monoisotopic (exact) mass is 393 g/mol. The molecule has 2 aromatic heterocycles. The number of nitrogens with one attached hydrogen (secondary N) is 1. The lowest BCUT2D eigenvalue weighted by atomic mass is 10.1. The minimum Gasteiger partial charge on any atom is -0.467 e. The van der Waals surface area contributed by atoms with Crippen LogP contribution in [0.4, 0.5) is 5.69 Å². The van der Waals surface area contributed by atoms with Crippen LogP contribution in [-0.4, -0.2) is 9.55 Å². The summed E-state index contributed by atoms with van der Waals surface area (Å²) in [6, 6.07) is 10.1. The van der Waals surface area contributed by atoms with E-state index in [1.54, 1.807) is 12.5 Å². The van der Waals surface area contributed by atoms with E-state index >= 15 is 0 Å². The number of furan rings is 1. The summed E-state index contributed by atoms with van der Waals surface area (Å²) < 4.78 is 8.81.